The van der Waals surface area contributed by atoms with Gasteiger partial charge in [0, 0.05) is 12.6 Å². The molecule has 4 nitrogen and oxygen atoms in total. The maximum Gasteiger partial charge on any atom is 0.410 e. The minimum absolute atomic E-state index is 0.196. The van der Waals surface area contributed by atoms with E-state index in [2.05, 4.69) is 12.1 Å². The Morgan fingerprint density at radius 2 is 1.95 bits per heavy atom. The highest BCUT2D eigenvalue weighted by atomic mass is 16.6. The van der Waals surface area contributed by atoms with Crippen LogP contribution in [0, 0.1) is 0 Å². The molecule has 1 fully saturated rings. The summed E-state index contributed by atoms with van der Waals surface area (Å²) in [6.07, 6.45) is 2.74. The number of likely N-dealkylation sites (tertiary alicyclic amines) is 1. The lowest BCUT2D eigenvalue weighted by atomic mass is 10.0. The number of amides is 1. The van der Waals surface area contributed by atoms with Crippen LogP contribution in [0.25, 0.3) is 0 Å². The molecule has 1 unspecified atom stereocenters. The summed E-state index contributed by atoms with van der Waals surface area (Å²) in [6, 6.07) is 8.27. The van der Waals surface area contributed by atoms with Crippen molar-refractivity contribution in [3.8, 4) is 5.75 Å². The van der Waals surface area contributed by atoms with E-state index in [1.807, 2.05) is 37.8 Å². The van der Waals surface area contributed by atoms with Crippen molar-refractivity contribution in [2.24, 2.45) is 0 Å². The van der Waals surface area contributed by atoms with Gasteiger partial charge in [-0.05, 0) is 57.7 Å². The van der Waals surface area contributed by atoms with Gasteiger partial charge in [-0.1, -0.05) is 12.1 Å². The highest BCUT2D eigenvalue weighted by molar-refractivity contribution is 5.69. The van der Waals surface area contributed by atoms with E-state index in [4.69, 9.17) is 9.47 Å². The molecule has 1 atom stereocenters. The van der Waals surface area contributed by atoms with Crippen LogP contribution in [0.4, 0.5) is 4.79 Å². The molecule has 4 heteroatoms. The summed E-state index contributed by atoms with van der Waals surface area (Å²) in [5.74, 6) is 0.856. The molecule has 0 aromatic heterocycles. The number of hydrogen-bond acceptors (Lipinski definition) is 3. The van der Waals surface area contributed by atoms with Crippen LogP contribution >= 0.6 is 0 Å². The molecule has 0 radical (unpaired) electrons. The van der Waals surface area contributed by atoms with Crippen molar-refractivity contribution >= 4 is 6.09 Å². The van der Waals surface area contributed by atoms with Gasteiger partial charge in [-0.15, -0.1) is 0 Å². The Morgan fingerprint density at radius 3 is 2.52 bits per heavy atom. The van der Waals surface area contributed by atoms with Crippen molar-refractivity contribution in [2.75, 3.05) is 13.7 Å². The normalized spacial score (nSPS) is 18.7. The Kier molecular flexibility index (Phi) is 4.76. The standard InChI is InChI=1S/C17H25NO3/c1-17(2,3)21-16(19)18-11-5-6-14(18)12-13-7-9-15(20-4)10-8-13/h7-10,14H,5-6,11-12H2,1-4H3. The fraction of sp³-hybridized carbons (Fsp3) is 0.588. The quantitative estimate of drug-likeness (QED) is 0.853. The number of hydrogen-bond donors (Lipinski definition) is 0. The third-order valence-corrected chi connectivity index (χ3v) is 3.64. The largest absolute Gasteiger partial charge is 0.497 e. The first kappa shape index (κ1) is 15.7. The van der Waals surface area contributed by atoms with Crippen LogP contribution in [0.3, 0.4) is 0 Å². The third-order valence-electron chi connectivity index (χ3n) is 3.64. The maximum absolute atomic E-state index is 12.2. The molecular formula is C17H25NO3. The highest BCUT2D eigenvalue weighted by Gasteiger charge is 2.32. The van der Waals surface area contributed by atoms with Crippen LogP contribution in [0.15, 0.2) is 24.3 Å². The van der Waals surface area contributed by atoms with E-state index in [1.165, 1.54) is 5.56 Å². The molecule has 1 saturated heterocycles. The Bertz CT molecular complexity index is 476. The van der Waals surface area contributed by atoms with Crippen molar-refractivity contribution in [3.63, 3.8) is 0 Å². The molecule has 2 rings (SSSR count). The lowest BCUT2D eigenvalue weighted by Gasteiger charge is -2.28. The Morgan fingerprint density at radius 1 is 1.29 bits per heavy atom. The molecule has 1 amide bonds. The second-order valence-corrected chi connectivity index (χ2v) is 6.52. The fourth-order valence-corrected chi connectivity index (χ4v) is 2.64. The predicted octanol–water partition coefficient (Wildman–Crippen LogP) is 3.64. The third kappa shape index (κ3) is 4.38. The zero-order valence-electron chi connectivity index (χ0n) is 13.4. The van der Waals surface area contributed by atoms with E-state index in [0.29, 0.717) is 0 Å². The monoisotopic (exact) mass is 291 g/mol. The topological polar surface area (TPSA) is 38.8 Å². The zero-order valence-corrected chi connectivity index (χ0v) is 13.4. The van der Waals surface area contributed by atoms with Crippen LogP contribution < -0.4 is 4.74 Å². The molecule has 1 heterocycles. The number of carbonyl (C=O) groups excluding carboxylic acids is 1. The van der Waals surface area contributed by atoms with E-state index in [9.17, 15) is 4.79 Å². The summed E-state index contributed by atoms with van der Waals surface area (Å²) in [5.41, 5.74) is 0.779. The summed E-state index contributed by atoms with van der Waals surface area (Å²) in [6.45, 7) is 6.49. The van der Waals surface area contributed by atoms with Gasteiger partial charge in [0.05, 0.1) is 7.11 Å². The second-order valence-electron chi connectivity index (χ2n) is 6.52. The number of ether oxygens (including phenoxy) is 2. The van der Waals surface area contributed by atoms with Gasteiger partial charge in [0.25, 0.3) is 0 Å². The number of carbonyl (C=O) groups is 1. The SMILES string of the molecule is COc1ccc(CC2CCCN2C(=O)OC(C)(C)C)cc1. The molecule has 0 bridgehead atoms. The summed E-state index contributed by atoms with van der Waals surface area (Å²) in [4.78, 5) is 14.1. The van der Waals surface area contributed by atoms with Gasteiger partial charge in [0.15, 0.2) is 0 Å². The van der Waals surface area contributed by atoms with Crippen molar-refractivity contribution in [3.05, 3.63) is 29.8 Å². The maximum atomic E-state index is 12.2. The molecule has 0 N–H and O–H groups in total. The van der Waals surface area contributed by atoms with E-state index in [1.54, 1.807) is 7.11 Å². The lowest BCUT2D eigenvalue weighted by molar-refractivity contribution is 0.0227. The van der Waals surface area contributed by atoms with Gasteiger partial charge < -0.3 is 14.4 Å². The van der Waals surface area contributed by atoms with Gasteiger partial charge >= 0.3 is 6.09 Å². The summed E-state index contributed by atoms with van der Waals surface area (Å²) in [5, 5.41) is 0. The van der Waals surface area contributed by atoms with Gasteiger partial charge in [-0.3, -0.25) is 0 Å². The Hall–Kier alpha value is -1.71. The molecule has 1 aliphatic heterocycles. The molecule has 0 aliphatic carbocycles. The van der Waals surface area contributed by atoms with Crippen LogP contribution in [0.1, 0.15) is 39.2 Å². The molecule has 21 heavy (non-hydrogen) atoms. The van der Waals surface area contributed by atoms with Gasteiger partial charge in [-0.25, -0.2) is 4.79 Å². The van der Waals surface area contributed by atoms with Crippen molar-refractivity contribution in [2.45, 2.75) is 51.7 Å². The number of nitrogens with zero attached hydrogens (tertiary/aromatic N) is 1. The first-order chi connectivity index (χ1) is 9.89. The predicted molar refractivity (Wildman–Crippen MR) is 82.7 cm³/mol. The smallest absolute Gasteiger partial charge is 0.410 e. The van der Waals surface area contributed by atoms with Gasteiger partial charge in [0.2, 0.25) is 0 Å². The van der Waals surface area contributed by atoms with E-state index < -0.39 is 5.60 Å². The molecule has 1 aliphatic rings. The minimum Gasteiger partial charge on any atom is -0.497 e. The summed E-state index contributed by atoms with van der Waals surface area (Å²) < 4.78 is 10.7. The zero-order chi connectivity index (χ0) is 15.5. The molecule has 116 valence electrons. The van der Waals surface area contributed by atoms with E-state index in [0.717, 1.165) is 31.6 Å². The fourth-order valence-electron chi connectivity index (χ4n) is 2.64. The first-order valence-electron chi connectivity index (χ1n) is 7.51. The summed E-state index contributed by atoms with van der Waals surface area (Å²) >= 11 is 0. The van der Waals surface area contributed by atoms with Crippen LogP contribution in [0.5, 0.6) is 5.75 Å². The van der Waals surface area contributed by atoms with Crippen LogP contribution in [-0.2, 0) is 11.2 Å². The lowest BCUT2D eigenvalue weighted by Crippen LogP contribution is -2.40. The molecule has 0 saturated carbocycles. The number of benzene rings is 1. The molecular weight excluding hydrogens is 266 g/mol. The van der Waals surface area contributed by atoms with Crippen LogP contribution in [0.2, 0.25) is 0 Å². The average molecular weight is 291 g/mol. The summed E-state index contributed by atoms with van der Waals surface area (Å²) in [7, 11) is 1.66. The average Bonchev–Trinajstić information content (AvgIpc) is 2.86. The highest BCUT2D eigenvalue weighted by Crippen LogP contribution is 2.24. The second kappa shape index (κ2) is 6.37. The molecule has 0 spiro atoms. The van der Waals surface area contributed by atoms with Crippen molar-refractivity contribution in [1.82, 2.24) is 4.90 Å². The van der Waals surface area contributed by atoms with E-state index in [-0.39, 0.29) is 12.1 Å². The first-order valence-corrected chi connectivity index (χ1v) is 7.51. The number of methoxy groups -OCH3 is 1. The Labute approximate surface area is 127 Å². The van der Waals surface area contributed by atoms with Crippen molar-refractivity contribution in [1.29, 1.82) is 0 Å². The molecule has 1 aromatic rings. The minimum atomic E-state index is -0.440. The molecule has 1 aromatic carbocycles. The Balaban J connectivity index is 1.99. The van der Waals surface area contributed by atoms with Crippen molar-refractivity contribution < 1.29 is 14.3 Å². The van der Waals surface area contributed by atoms with Gasteiger partial charge in [-0.2, -0.15) is 0 Å². The number of rotatable bonds is 3. The van der Waals surface area contributed by atoms with E-state index >= 15 is 0 Å². The van der Waals surface area contributed by atoms with Crippen LogP contribution in [-0.4, -0.2) is 36.3 Å². The van der Waals surface area contributed by atoms with Gasteiger partial charge in [0.1, 0.15) is 11.4 Å².